The summed E-state index contributed by atoms with van der Waals surface area (Å²) in [5, 5.41) is 7.82. The van der Waals surface area contributed by atoms with Crippen LogP contribution in [0.1, 0.15) is 53.9 Å². The summed E-state index contributed by atoms with van der Waals surface area (Å²) < 4.78 is 5.36. The Morgan fingerprint density at radius 1 is 1.29 bits per heavy atom. The average Bonchev–Trinajstić information content (AvgIpc) is 3.18. The summed E-state index contributed by atoms with van der Waals surface area (Å²) in [5.74, 6) is 1.90. The summed E-state index contributed by atoms with van der Waals surface area (Å²) in [6, 6.07) is 1.29. The third kappa shape index (κ3) is 2.65. The van der Waals surface area contributed by atoms with Crippen molar-refractivity contribution in [2.24, 2.45) is 0 Å². The maximum Gasteiger partial charge on any atom is 0.250 e. The molecule has 21 heavy (non-hydrogen) atoms. The zero-order valence-corrected chi connectivity index (χ0v) is 12.8. The number of piperidine rings is 1. The Hall–Kier alpha value is -1.53. The van der Waals surface area contributed by atoms with Crippen LogP contribution in [-0.4, -0.2) is 27.2 Å². The summed E-state index contributed by atoms with van der Waals surface area (Å²) in [4.78, 5) is 9.91. The molecular weight excluding hydrogens is 284 g/mol. The zero-order valence-electron chi connectivity index (χ0n) is 12.0. The summed E-state index contributed by atoms with van der Waals surface area (Å²) in [7, 11) is 0. The van der Waals surface area contributed by atoms with Gasteiger partial charge in [-0.25, -0.2) is 4.98 Å². The molecule has 1 N–H and O–H groups in total. The number of nitrogens with zero attached hydrogens (tertiary/aromatic N) is 3. The minimum Gasteiger partial charge on any atom is -0.335 e. The predicted octanol–water partition coefficient (Wildman–Crippen LogP) is 3.00. The molecule has 110 valence electrons. The standard InChI is InChI=1S/C15H18N4OS/c1-9-13(21-8-16-9)4-5-14-18-15(19-20-14)10-6-11-2-3-12(7-10)17-11/h4-5,8,10-12,17H,2-3,6-7H2,1H3/b5-4+. The van der Waals surface area contributed by atoms with Gasteiger partial charge in [0.25, 0.3) is 5.89 Å². The summed E-state index contributed by atoms with van der Waals surface area (Å²) in [6.07, 6.45) is 8.72. The van der Waals surface area contributed by atoms with Crippen LogP contribution >= 0.6 is 11.3 Å². The first kappa shape index (κ1) is 13.2. The highest BCUT2D eigenvalue weighted by atomic mass is 32.1. The highest BCUT2D eigenvalue weighted by Gasteiger charge is 2.35. The molecule has 2 unspecified atom stereocenters. The zero-order chi connectivity index (χ0) is 14.2. The fourth-order valence-electron chi connectivity index (χ4n) is 3.37. The van der Waals surface area contributed by atoms with Crippen molar-refractivity contribution in [2.75, 3.05) is 0 Å². The van der Waals surface area contributed by atoms with Crippen LogP contribution in [0.15, 0.2) is 10.0 Å². The van der Waals surface area contributed by atoms with Crippen molar-refractivity contribution in [1.29, 1.82) is 0 Å². The van der Waals surface area contributed by atoms with E-state index in [1.807, 2.05) is 24.6 Å². The molecule has 2 saturated heterocycles. The number of nitrogens with one attached hydrogen (secondary N) is 1. The van der Waals surface area contributed by atoms with Crippen LogP contribution in [0.4, 0.5) is 0 Å². The van der Waals surface area contributed by atoms with Gasteiger partial charge in [0.1, 0.15) is 0 Å². The van der Waals surface area contributed by atoms with E-state index in [-0.39, 0.29) is 0 Å². The van der Waals surface area contributed by atoms with E-state index in [4.69, 9.17) is 4.52 Å². The van der Waals surface area contributed by atoms with Gasteiger partial charge in [0.15, 0.2) is 5.82 Å². The summed E-state index contributed by atoms with van der Waals surface area (Å²) >= 11 is 1.62. The lowest BCUT2D eigenvalue weighted by Crippen LogP contribution is -2.37. The van der Waals surface area contributed by atoms with E-state index >= 15 is 0 Å². The lowest BCUT2D eigenvalue weighted by molar-refractivity contribution is 0.338. The molecule has 6 heteroatoms. The molecule has 2 fully saturated rings. The topological polar surface area (TPSA) is 63.8 Å². The highest BCUT2D eigenvalue weighted by Crippen LogP contribution is 2.36. The van der Waals surface area contributed by atoms with Crippen molar-refractivity contribution in [3.63, 3.8) is 0 Å². The maximum atomic E-state index is 5.36. The molecule has 2 aromatic rings. The van der Waals surface area contributed by atoms with Crippen LogP contribution < -0.4 is 5.32 Å². The average molecular weight is 302 g/mol. The van der Waals surface area contributed by atoms with Gasteiger partial charge < -0.3 is 9.84 Å². The van der Waals surface area contributed by atoms with E-state index in [1.165, 1.54) is 12.8 Å². The molecule has 0 spiro atoms. The molecule has 0 amide bonds. The number of hydrogen-bond acceptors (Lipinski definition) is 6. The second-order valence-electron chi connectivity index (χ2n) is 5.93. The molecule has 0 saturated carbocycles. The van der Waals surface area contributed by atoms with E-state index < -0.39 is 0 Å². The fraction of sp³-hybridized carbons (Fsp3) is 0.533. The Morgan fingerprint density at radius 3 is 2.81 bits per heavy atom. The van der Waals surface area contributed by atoms with Gasteiger partial charge in [0.2, 0.25) is 0 Å². The number of aromatic nitrogens is 3. The molecule has 5 nitrogen and oxygen atoms in total. The van der Waals surface area contributed by atoms with Crippen molar-refractivity contribution < 1.29 is 4.52 Å². The Labute approximate surface area is 127 Å². The van der Waals surface area contributed by atoms with Crippen LogP contribution in [0.3, 0.4) is 0 Å². The van der Waals surface area contributed by atoms with Crippen molar-refractivity contribution in [1.82, 2.24) is 20.4 Å². The minimum atomic E-state index is 0.444. The smallest absolute Gasteiger partial charge is 0.250 e. The lowest BCUT2D eigenvalue weighted by atomic mass is 9.92. The van der Waals surface area contributed by atoms with Crippen LogP contribution in [0.2, 0.25) is 0 Å². The van der Waals surface area contributed by atoms with Gasteiger partial charge >= 0.3 is 0 Å². The number of hydrogen-bond donors (Lipinski definition) is 1. The van der Waals surface area contributed by atoms with Crippen LogP contribution in [0.25, 0.3) is 12.2 Å². The molecule has 0 aliphatic carbocycles. The number of aryl methyl sites for hydroxylation is 1. The monoisotopic (exact) mass is 302 g/mol. The molecule has 4 rings (SSSR count). The number of fused-ring (bicyclic) bond motifs is 2. The number of thiazole rings is 1. The molecule has 0 aromatic carbocycles. The summed E-state index contributed by atoms with van der Waals surface area (Å²) in [5.41, 5.74) is 2.88. The van der Waals surface area contributed by atoms with Gasteiger partial charge in [0.05, 0.1) is 11.2 Å². The van der Waals surface area contributed by atoms with E-state index in [2.05, 4.69) is 20.4 Å². The second kappa shape index (κ2) is 5.35. The largest absolute Gasteiger partial charge is 0.335 e. The van der Waals surface area contributed by atoms with Gasteiger partial charge in [-0.15, -0.1) is 11.3 Å². The Balaban J connectivity index is 1.48. The van der Waals surface area contributed by atoms with E-state index in [9.17, 15) is 0 Å². The molecule has 0 radical (unpaired) electrons. The Kier molecular flexibility index (Phi) is 3.35. The van der Waals surface area contributed by atoms with E-state index in [0.717, 1.165) is 29.2 Å². The van der Waals surface area contributed by atoms with Gasteiger partial charge in [0, 0.05) is 29.0 Å². The molecule has 2 aliphatic rings. The minimum absolute atomic E-state index is 0.444. The molecule has 2 atom stereocenters. The van der Waals surface area contributed by atoms with E-state index in [0.29, 0.717) is 23.9 Å². The molecular formula is C15H18N4OS. The summed E-state index contributed by atoms with van der Waals surface area (Å²) in [6.45, 7) is 2.00. The van der Waals surface area contributed by atoms with E-state index in [1.54, 1.807) is 11.3 Å². The van der Waals surface area contributed by atoms with Gasteiger partial charge in [-0.3, -0.25) is 0 Å². The normalized spacial score (nSPS) is 28.5. The van der Waals surface area contributed by atoms with Crippen molar-refractivity contribution in [2.45, 2.75) is 50.6 Å². The fourth-order valence-corrected chi connectivity index (χ4v) is 4.06. The van der Waals surface area contributed by atoms with Gasteiger partial charge in [-0.2, -0.15) is 4.98 Å². The Morgan fingerprint density at radius 2 is 2.10 bits per heavy atom. The molecule has 2 aromatic heterocycles. The van der Waals surface area contributed by atoms with Crippen molar-refractivity contribution >= 4 is 23.5 Å². The van der Waals surface area contributed by atoms with Crippen LogP contribution in [-0.2, 0) is 0 Å². The SMILES string of the molecule is Cc1ncsc1/C=C/c1nc(C2CC3CCC(C2)N3)no1. The van der Waals surface area contributed by atoms with Gasteiger partial charge in [-0.1, -0.05) is 5.16 Å². The predicted molar refractivity (Wildman–Crippen MR) is 82.0 cm³/mol. The first-order valence-corrected chi connectivity index (χ1v) is 8.34. The van der Waals surface area contributed by atoms with Crippen molar-refractivity contribution in [3.05, 3.63) is 27.8 Å². The van der Waals surface area contributed by atoms with Crippen molar-refractivity contribution in [3.8, 4) is 0 Å². The molecule has 4 heterocycles. The number of rotatable bonds is 3. The van der Waals surface area contributed by atoms with Gasteiger partial charge in [-0.05, 0) is 38.7 Å². The maximum absolute atomic E-state index is 5.36. The highest BCUT2D eigenvalue weighted by molar-refractivity contribution is 7.10. The second-order valence-corrected chi connectivity index (χ2v) is 6.82. The van der Waals surface area contributed by atoms with Crippen LogP contribution in [0, 0.1) is 6.92 Å². The molecule has 2 aliphatic heterocycles. The first-order valence-electron chi connectivity index (χ1n) is 7.46. The van der Waals surface area contributed by atoms with Crippen LogP contribution in [0.5, 0.6) is 0 Å². The Bertz CT molecular complexity index is 650. The lowest BCUT2D eigenvalue weighted by Gasteiger charge is -2.26. The quantitative estimate of drug-likeness (QED) is 0.944. The molecule has 2 bridgehead atoms. The first-order chi connectivity index (χ1) is 10.3. The third-order valence-corrected chi connectivity index (χ3v) is 5.35. The third-order valence-electron chi connectivity index (χ3n) is 4.46.